The van der Waals surface area contributed by atoms with Gasteiger partial charge in [-0.25, -0.2) is 9.18 Å². The summed E-state index contributed by atoms with van der Waals surface area (Å²) in [6.07, 6.45) is -0.518. The summed E-state index contributed by atoms with van der Waals surface area (Å²) in [4.78, 5) is 24.3. The maximum Gasteiger partial charge on any atom is 0.264 e. The lowest BCUT2D eigenvalue weighted by Gasteiger charge is -2.15. The number of ether oxygens (including phenoxy) is 1. The van der Waals surface area contributed by atoms with Gasteiger partial charge in [0.25, 0.3) is 5.91 Å². The Balaban J connectivity index is 2.11. The Morgan fingerprint density at radius 3 is 2.68 bits per heavy atom. The van der Waals surface area contributed by atoms with E-state index in [-0.39, 0.29) is 17.3 Å². The van der Waals surface area contributed by atoms with Crippen molar-refractivity contribution in [1.29, 1.82) is 0 Å². The van der Waals surface area contributed by atoms with Crippen molar-refractivity contribution in [3.05, 3.63) is 41.2 Å². The summed E-state index contributed by atoms with van der Waals surface area (Å²) >= 11 is 0. The third-order valence-corrected chi connectivity index (χ3v) is 2.99. The number of rotatable bonds is 4. The Hall–Kier alpha value is -1.97. The maximum atomic E-state index is 12.8. The Morgan fingerprint density at radius 2 is 2.11 bits per heavy atom. The van der Waals surface area contributed by atoms with E-state index in [2.05, 4.69) is 0 Å². The van der Waals surface area contributed by atoms with E-state index in [0.29, 0.717) is 19.7 Å². The van der Waals surface area contributed by atoms with Crippen LogP contribution in [0.15, 0.2) is 29.8 Å². The van der Waals surface area contributed by atoms with Crippen molar-refractivity contribution in [2.45, 2.75) is 19.6 Å². The second kappa shape index (κ2) is 5.78. The molecule has 1 aliphatic rings. The van der Waals surface area contributed by atoms with Gasteiger partial charge in [0.2, 0.25) is 0 Å². The van der Waals surface area contributed by atoms with Crippen LogP contribution in [0.1, 0.15) is 12.5 Å². The molecular formula is C14H14FNO3. The molecule has 2 rings (SSSR count). The summed E-state index contributed by atoms with van der Waals surface area (Å²) in [6, 6.07) is 5.90. The van der Waals surface area contributed by atoms with Crippen LogP contribution in [0.3, 0.4) is 0 Å². The van der Waals surface area contributed by atoms with Crippen molar-refractivity contribution in [2.24, 2.45) is 0 Å². The van der Waals surface area contributed by atoms with Gasteiger partial charge in [-0.1, -0.05) is 12.1 Å². The SMILES string of the molecule is CCOC1CN(Cc2ccc(F)cc2)C(=O)C1=C=O. The lowest BCUT2D eigenvalue weighted by Crippen LogP contribution is -2.25. The van der Waals surface area contributed by atoms with Crippen LogP contribution < -0.4 is 0 Å². The van der Waals surface area contributed by atoms with Crippen LogP contribution in [0, 0.1) is 5.82 Å². The average molecular weight is 263 g/mol. The lowest BCUT2D eigenvalue weighted by molar-refractivity contribution is -0.125. The monoisotopic (exact) mass is 263 g/mol. The van der Waals surface area contributed by atoms with Gasteiger partial charge in [-0.05, 0) is 24.6 Å². The molecule has 19 heavy (non-hydrogen) atoms. The average Bonchev–Trinajstić information content (AvgIpc) is 2.69. The van der Waals surface area contributed by atoms with E-state index in [1.54, 1.807) is 25.0 Å². The van der Waals surface area contributed by atoms with Gasteiger partial charge < -0.3 is 9.64 Å². The summed E-state index contributed by atoms with van der Waals surface area (Å²) in [5.41, 5.74) is 0.834. The molecule has 1 aromatic carbocycles. The number of amides is 1. The highest BCUT2D eigenvalue weighted by Crippen LogP contribution is 2.21. The number of hydrogen-bond acceptors (Lipinski definition) is 3. The van der Waals surface area contributed by atoms with E-state index in [1.165, 1.54) is 17.0 Å². The van der Waals surface area contributed by atoms with Gasteiger partial charge in [0.15, 0.2) is 0 Å². The number of nitrogens with zero attached hydrogens (tertiary/aromatic N) is 1. The zero-order chi connectivity index (χ0) is 13.8. The van der Waals surface area contributed by atoms with Crippen LogP contribution in [0.25, 0.3) is 0 Å². The molecular weight excluding hydrogens is 249 g/mol. The number of carbonyl (C=O) groups is 1. The van der Waals surface area contributed by atoms with Gasteiger partial charge in [-0.15, -0.1) is 0 Å². The molecule has 1 aliphatic heterocycles. The summed E-state index contributed by atoms with van der Waals surface area (Å²) in [5.74, 6) is 0.979. The third kappa shape index (κ3) is 2.89. The Bertz CT molecular complexity index is 520. The molecule has 100 valence electrons. The van der Waals surface area contributed by atoms with Crippen LogP contribution in [0.2, 0.25) is 0 Å². The quantitative estimate of drug-likeness (QED) is 0.608. The topological polar surface area (TPSA) is 46.6 Å². The van der Waals surface area contributed by atoms with E-state index < -0.39 is 6.10 Å². The standard InChI is InChI=1S/C14H14FNO3/c1-2-19-13-8-16(14(18)12(13)9-17)7-10-3-5-11(15)6-4-10/h3-6,13H,2,7-8H2,1H3. The number of halogens is 1. The molecule has 5 heteroatoms. The first-order chi connectivity index (χ1) is 9.15. The molecule has 0 aromatic heterocycles. The molecule has 0 spiro atoms. The molecule has 4 nitrogen and oxygen atoms in total. The summed E-state index contributed by atoms with van der Waals surface area (Å²) in [7, 11) is 0. The van der Waals surface area contributed by atoms with Crippen molar-refractivity contribution in [3.63, 3.8) is 0 Å². The van der Waals surface area contributed by atoms with Gasteiger partial charge in [-0.2, -0.15) is 0 Å². The van der Waals surface area contributed by atoms with Gasteiger partial charge in [0.1, 0.15) is 23.4 Å². The van der Waals surface area contributed by atoms with Crippen molar-refractivity contribution in [2.75, 3.05) is 13.2 Å². The first kappa shape index (κ1) is 13.5. The molecule has 0 bridgehead atoms. The predicted molar refractivity (Wildman–Crippen MR) is 66.4 cm³/mol. The van der Waals surface area contributed by atoms with E-state index in [4.69, 9.17) is 4.74 Å². The van der Waals surface area contributed by atoms with Crippen molar-refractivity contribution in [1.82, 2.24) is 4.90 Å². The predicted octanol–water partition coefficient (Wildman–Crippen LogP) is 1.33. The van der Waals surface area contributed by atoms with E-state index in [1.807, 2.05) is 0 Å². The molecule has 1 atom stereocenters. The number of likely N-dealkylation sites (tertiary alicyclic amines) is 1. The normalized spacial score (nSPS) is 18.8. The fraction of sp³-hybridized carbons (Fsp3) is 0.357. The fourth-order valence-electron chi connectivity index (χ4n) is 2.08. The zero-order valence-electron chi connectivity index (χ0n) is 10.6. The summed E-state index contributed by atoms with van der Waals surface area (Å²) in [6.45, 7) is 2.88. The maximum absolute atomic E-state index is 12.8. The zero-order valence-corrected chi connectivity index (χ0v) is 10.6. The van der Waals surface area contributed by atoms with Gasteiger partial charge in [0.05, 0.1) is 6.54 Å². The highest BCUT2D eigenvalue weighted by atomic mass is 19.1. The molecule has 1 amide bonds. The summed E-state index contributed by atoms with van der Waals surface area (Å²) in [5, 5.41) is 0. The van der Waals surface area contributed by atoms with Crippen LogP contribution in [-0.2, 0) is 20.9 Å². The van der Waals surface area contributed by atoms with Crippen LogP contribution in [-0.4, -0.2) is 36.0 Å². The fourth-order valence-corrected chi connectivity index (χ4v) is 2.08. The first-order valence-corrected chi connectivity index (χ1v) is 6.06. The minimum absolute atomic E-state index is 0.0314. The number of carbonyl (C=O) groups excluding carboxylic acids is 2. The molecule has 1 saturated heterocycles. The second-order valence-electron chi connectivity index (χ2n) is 4.27. The van der Waals surface area contributed by atoms with Crippen molar-refractivity contribution >= 4 is 11.8 Å². The highest BCUT2D eigenvalue weighted by Gasteiger charge is 2.36. The van der Waals surface area contributed by atoms with Gasteiger partial charge in [-0.3, -0.25) is 4.79 Å². The molecule has 0 N–H and O–H groups in total. The number of benzene rings is 1. The Morgan fingerprint density at radius 1 is 1.42 bits per heavy atom. The van der Waals surface area contributed by atoms with Crippen LogP contribution in [0.5, 0.6) is 0 Å². The lowest BCUT2D eigenvalue weighted by atomic mass is 10.2. The molecule has 1 unspecified atom stereocenters. The van der Waals surface area contributed by atoms with Gasteiger partial charge in [0, 0.05) is 13.2 Å². The molecule has 1 fully saturated rings. The van der Waals surface area contributed by atoms with E-state index >= 15 is 0 Å². The molecule has 0 aliphatic carbocycles. The van der Waals surface area contributed by atoms with Crippen molar-refractivity contribution < 1.29 is 18.7 Å². The largest absolute Gasteiger partial charge is 0.371 e. The van der Waals surface area contributed by atoms with Crippen LogP contribution >= 0.6 is 0 Å². The minimum atomic E-state index is -0.518. The summed E-state index contributed by atoms with van der Waals surface area (Å²) < 4.78 is 18.1. The van der Waals surface area contributed by atoms with Gasteiger partial charge >= 0.3 is 0 Å². The van der Waals surface area contributed by atoms with Crippen LogP contribution in [0.4, 0.5) is 4.39 Å². The van der Waals surface area contributed by atoms with E-state index in [0.717, 1.165) is 5.56 Å². The Kier molecular flexibility index (Phi) is 4.10. The molecule has 0 saturated carbocycles. The number of hydrogen-bond donors (Lipinski definition) is 0. The molecule has 1 heterocycles. The van der Waals surface area contributed by atoms with E-state index in [9.17, 15) is 14.0 Å². The smallest absolute Gasteiger partial charge is 0.264 e. The molecule has 0 radical (unpaired) electrons. The highest BCUT2D eigenvalue weighted by molar-refractivity contribution is 6.03. The molecule has 1 aromatic rings. The minimum Gasteiger partial charge on any atom is -0.371 e. The second-order valence-corrected chi connectivity index (χ2v) is 4.27. The van der Waals surface area contributed by atoms with Crippen molar-refractivity contribution in [3.8, 4) is 0 Å². The first-order valence-electron chi connectivity index (χ1n) is 6.06. The third-order valence-electron chi connectivity index (χ3n) is 2.99. The Labute approximate surface area is 110 Å².